The molecule has 2 atom stereocenters. The fraction of sp³-hybridized carbons (Fsp3) is 0.241. The minimum Gasteiger partial charge on any atom is -0.315 e. The Morgan fingerprint density at radius 2 is 1.50 bits per heavy atom. The van der Waals surface area contributed by atoms with Gasteiger partial charge in [-0.1, -0.05) is 98.8 Å². The van der Waals surface area contributed by atoms with Gasteiger partial charge in [0.1, 0.15) is 5.78 Å². The van der Waals surface area contributed by atoms with Crippen LogP contribution >= 0.6 is 0 Å². The van der Waals surface area contributed by atoms with Crippen LogP contribution in [0.1, 0.15) is 31.4 Å². The molecule has 1 aliphatic heterocycles. The summed E-state index contributed by atoms with van der Waals surface area (Å²) < 4.78 is 0. The SMILES string of the molecule is CC(C)C(=O)C1C[C@@H](Cc2ccc(-c3ccccc3)cc2)N(C=Cc2ccccc2)C1=O. The van der Waals surface area contributed by atoms with Crippen LogP contribution in [0.15, 0.2) is 91.1 Å². The standard InChI is InChI=1S/C29H29NO2/c1-21(2)28(31)27-20-26(30(29(27)32)18-17-22-9-5-3-6-10-22)19-23-13-15-25(16-14-23)24-11-7-4-8-12-24/h3-18,21,26-27H,19-20H2,1-2H3/t26-,27?/m1/s1. The van der Waals surface area contributed by atoms with Crippen LogP contribution in [0.3, 0.4) is 0 Å². The number of hydrogen-bond acceptors (Lipinski definition) is 2. The first kappa shape index (κ1) is 21.8. The van der Waals surface area contributed by atoms with E-state index >= 15 is 0 Å². The summed E-state index contributed by atoms with van der Waals surface area (Å²) >= 11 is 0. The van der Waals surface area contributed by atoms with E-state index in [1.54, 1.807) is 4.90 Å². The molecule has 0 bridgehead atoms. The maximum Gasteiger partial charge on any atom is 0.237 e. The van der Waals surface area contributed by atoms with Gasteiger partial charge in [-0.15, -0.1) is 0 Å². The Morgan fingerprint density at radius 3 is 2.12 bits per heavy atom. The van der Waals surface area contributed by atoms with E-state index in [-0.39, 0.29) is 23.7 Å². The molecule has 3 heteroatoms. The third kappa shape index (κ3) is 4.88. The number of likely N-dealkylation sites (tertiary alicyclic amines) is 1. The van der Waals surface area contributed by atoms with E-state index in [4.69, 9.17) is 0 Å². The smallest absolute Gasteiger partial charge is 0.237 e. The molecule has 1 saturated heterocycles. The highest BCUT2D eigenvalue weighted by atomic mass is 16.2. The summed E-state index contributed by atoms with van der Waals surface area (Å²) in [5, 5.41) is 0. The molecule has 4 rings (SSSR count). The number of carbonyl (C=O) groups is 2. The molecule has 0 aromatic heterocycles. The highest BCUT2D eigenvalue weighted by molar-refractivity contribution is 6.04. The van der Waals surface area contributed by atoms with Gasteiger partial charge in [0.15, 0.2) is 0 Å². The molecule has 3 nitrogen and oxygen atoms in total. The lowest BCUT2D eigenvalue weighted by Gasteiger charge is -2.21. The fourth-order valence-corrected chi connectivity index (χ4v) is 4.33. The van der Waals surface area contributed by atoms with Crippen LogP contribution in [-0.4, -0.2) is 22.6 Å². The predicted molar refractivity (Wildman–Crippen MR) is 130 cm³/mol. The van der Waals surface area contributed by atoms with Gasteiger partial charge < -0.3 is 4.90 Å². The molecule has 0 aliphatic carbocycles. The topological polar surface area (TPSA) is 37.4 Å². The van der Waals surface area contributed by atoms with E-state index in [0.717, 1.165) is 12.0 Å². The maximum absolute atomic E-state index is 13.2. The third-order valence-corrected chi connectivity index (χ3v) is 6.13. The van der Waals surface area contributed by atoms with Gasteiger partial charge in [-0.25, -0.2) is 0 Å². The molecule has 0 N–H and O–H groups in total. The molecule has 3 aromatic rings. The van der Waals surface area contributed by atoms with Crippen molar-refractivity contribution in [3.8, 4) is 11.1 Å². The lowest BCUT2D eigenvalue weighted by atomic mass is 9.91. The van der Waals surface area contributed by atoms with Crippen molar-refractivity contribution in [1.82, 2.24) is 4.90 Å². The van der Waals surface area contributed by atoms with Gasteiger partial charge >= 0.3 is 0 Å². The van der Waals surface area contributed by atoms with Gasteiger partial charge in [-0.2, -0.15) is 0 Å². The fourth-order valence-electron chi connectivity index (χ4n) is 4.33. The lowest BCUT2D eigenvalue weighted by Crippen LogP contribution is -2.32. The molecule has 0 radical (unpaired) electrons. The molecular weight excluding hydrogens is 394 g/mol. The molecule has 32 heavy (non-hydrogen) atoms. The summed E-state index contributed by atoms with van der Waals surface area (Å²) in [6.07, 6.45) is 5.09. The van der Waals surface area contributed by atoms with E-state index in [0.29, 0.717) is 6.42 Å². The van der Waals surface area contributed by atoms with Crippen molar-refractivity contribution < 1.29 is 9.59 Å². The Balaban J connectivity index is 1.55. The van der Waals surface area contributed by atoms with Crippen molar-refractivity contribution in [2.75, 3.05) is 0 Å². The molecule has 162 valence electrons. The highest BCUT2D eigenvalue weighted by Crippen LogP contribution is 2.31. The number of ketones is 1. The molecule has 0 spiro atoms. The molecule has 1 amide bonds. The van der Waals surface area contributed by atoms with Gasteiger partial charge in [-0.05, 0) is 41.2 Å². The van der Waals surface area contributed by atoms with Crippen LogP contribution in [0.5, 0.6) is 0 Å². The third-order valence-electron chi connectivity index (χ3n) is 6.13. The highest BCUT2D eigenvalue weighted by Gasteiger charge is 2.42. The monoisotopic (exact) mass is 423 g/mol. The van der Waals surface area contributed by atoms with E-state index in [1.807, 2.05) is 74.7 Å². The van der Waals surface area contributed by atoms with E-state index in [9.17, 15) is 9.59 Å². The second kappa shape index (κ2) is 9.78. The van der Waals surface area contributed by atoms with Crippen LogP contribution < -0.4 is 0 Å². The summed E-state index contributed by atoms with van der Waals surface area (Å²) in [4.78, 5) is 27.7. The Bertz CT molecular complexity index is 1090. The number of carbonyl (C=O) groups excluding carboxylic acids is 2. The molecule has 1 aliphatic rings. The Morgan fingerprint density at radius 1 is 0.906 bits per heavy atom. The Hall–Kier alpha value is -3.46. The zero-order chi connectivity index (χ0) is 22.5. The zero-order valence-electron chi connectivity index (χ0n) is 18.6. The average Bonchev–Trinajstić information content (AvgIpc) is 3.13. The first-order valence-corrected chi connectivity index (χ1v) is 11.3. The largest absolute Gasteiger partial charge is 0.315 e. The van der Waals surface area contributed by atoms with Crippen molar-refractivity contribution in [2.24, 2.45) is 11.8 Å². The van der Waals surface area contributed by atoms with Crippen molar-refractivity contribution in [1.29, 1.82) is 0 Å². The summed E-state index contributed by atoms with van der Waals surface area (Å²) in [6.45, 7) is 3.74. The Labute approximate surface area is 190 Å². The molecule has 0 saturated carbocycles. The zero-order valence-corrected chi connectivity index (χ0v) is 18.6. The molecule has 1 heterocycles. The van der Waals surface area contributed by atoms with Gasteiger partial charge in [0.2, 0.25) is 5.91 Å². The number of benzene rings is 3. The normalized spacial score (nSPS) is 18.6. The molecule has 1 unspecified atom stereocenters. The van der Waals surface area contributed by atoms with E-state index < -0.39 is 5.92 Å². The maximum atomic E-state index is 13.2. The minimum absolute atomic E-state index is 0.0299. The summed E-state index contributed by atoms with van der Waals surface area (Å²) in [6, 6.07) is 28.7. The van der Waals surface area contributed by atoms with E-state index in [1.165, 1.54) is 16.7 Å². The summed E-state index contributed by atoms with van der Waals surface area (Å²) in [7, 11) is 0. The van der Waals surface area contributed by atoms with Gasteiger partial charge in [-0.3, -0.25) is 9.59 Å². The van der Waals surface area contributed by atoms with Crippen LogP contribution in [-0.2, 0) is 16.0 Å². The molecular formula is C29H29NO2. The second-order valence-electron chi connectivity index (χ2n) is 8.74. The number of nitrogens with zero attached hydrogens (tertiary/aromatic N) is 1. The van der Waals surface area contributed by atoms with Gasteiger partial charge in [0.25, 0.3) is 0 Å². The van der Waals surface area contributed by atoms with Crippen molar-refractivity contribution in [3.05, 3.63) is 102 Å². The lowest BCUT2D eigenvalue weighted by molar-refractivity contribution is -0.137. The van der Waals surface area contributed by atoms with Crippen molar-refractivity contribution in [3.63, 3.8) is 0 Å². The van der Waals surface area contributed by atoms with Crippen LogP contribution in [0.2, 0.25) is 0 Å². The number of amides is 1. The summed E-state index contributed by atoms with van der Waals surface area (Å²) in [5.74, 6) is -0.742. The van der Waals surface area contributed by atoms with Gasteiger partial charge in [0, 0.05) is 18.2 Å². The Kier molecular flexibility index (Phi) is 6.65. The second-order valence-corrected chi connectivity index (χ2v) is 8.74. The molecule has 1 fully saturated rings. The summed E-state index contributed by atoms with van der Waals surface area (Å²) in [5.41, 5.74) is 4.55. The molecule has 3 aromatic carbocycles. The predicted octanol–water partition coefficient (Wildman–Crippen LogP) is 6.01. The first-order chi connectivity index (χ1) is 15.5. The number of Topliss-reactive ketones (excluding diaryl/α,β-unsaturated/α-hetero) is 1. The van der Waals surface area contributed by atoms with Crippen LogP contribution in [0, 0.1) is 11.8 Å². The van der Waals surface area contributed by atoms with Crippen LogP contribution in [0.4, 0.5) is 0 Å². The quantitative estimate of drug-likeness (QED) is 0.437. The number of rotatable bonds is 7. The van der Waals surface area contributed by atoms with Gasteiger partial charge in [0.05, 0.1) is 5.92 Å². The average molecular weight is 424 g/mol. The first-order valence-electron chi connectivity index (χ1n) is 11.3. The van der Waals surface area contributed by atoms with E-state index in [2.05, 4.69) is 36.4 Å². The van der Waals surface area contributed by atoms with Crippen molar-refractivity contribution in [2.45, 2.75) is 32.7 Å². The van der Waals surface area contributed by atoms with Crippen molar-refractivity contribution >= 4 is 17.8 Å². The van der Waals surface area contributed by atoms with Crippen LogP contribution in [0.25, 0.3) is 17.2 Å². The minimum atomic E-state index is -0.552. The number of hydrogen-bond donors (Lipinski definition) is 0.